The van der Waals surface area contributed by atoms with Crippen LogP contribution in [0.3, 0.4) is 0 Å². The highest BCUT2D eigenvalue weighted by molar-refractivity contribution is 7.80. The monoisotopic (exact) mass is 298 g/mol. The van der Waals surface area contributed by atoms with Crippen LogP contribution in [-0.4, -0.2) is 34.2 Å². The first-order chi connectivity index (χ1) is 9.58. The van der Waals surface area contributed by atoms with Crippen molar-refractivity contribution in [1.82, 2.24) is 10.3 Å². The summed E-state index contributed by atoms with van der Waals surface area (Å²) >= 11 is 5.23. The van der Waals surface area contributed by atoms with E-state index < -0.39 is 4.92 Å². The quantitative estimate of drug-likeness (QED) is 0.360. The predicted octanol–water partition coefficient (Wildman–Crippen LogP) is 2.52. The van der Waals surface area contributed by atoms with Gasteiger partial charge in [0, 0.05) is 13.1 Å². The Morgan fingerprint density at radius 1 is 1.50 bits per heavy atom. The van der Waals surface area contributed by atoms with Gasteiger partial charge < -0.3 is 9.32 Å². The fraction of sp³-hybridized carbons (Fsp3) is 0.500. The maximum Gasteiger partial charge on any atom is 0.433 e. The van der Waals surface area contributed by atoms with Gasteiger partial charge in [0.15, 0.2) is 10.9 Å². The Bertz CT molecular complexity index is 481. The summed E-state index contributed by atoms with van der Waals surface area (Å²) in [4.78, 5) is 11.9. The molecule has 110 valence electrons. The summed E-state index contributed by atoms with van der Waals surface area (Å²) in [6, 6.07) is 2.75. The van der Waals surface area contributed by atoms with Crippen LogP contribution >= 0.6 is 12.2 Å². The highest BCUT2D eigenvalue weighted by Gasteiger charge is 2.10. The van der Waals surface area contributed by atoms with Crippen LogP contribution in [0.15, 0.2) is 21.7 Å². The van der Waals surface area contributed by atoms with Crippen molar-refractivity contribution in [2.24, 2.45) is 5.10 Å². The molecule has 0 saturated heterocycles. The Hall–Kier alpha value is -1.96. The van der Waals surface area contributed by atoms with Crippen molar-refractivity contribution in [3.63, 3.8) is 0 Å². The molecule has 0 aliphatic rings. The molecule has 20 heavy (non-hydrogen) atoms. The summed E-state index contributed by atoms with van der Waals surface area (Å²) in [6.45, 7) is 5.88. The van der Waals surface area contributed by atoms with Crippen LogP contribution in [-0.2, 0) is 0 Å². The number of hydrazone groups is 1. The zero-order valence-corrected chi connectivity index (χ0v) is 12.4. The number of nitrogens with zero attached hydrogens (tertiary/aromatic N) is 3. The van der Waals surface area contributed by atoms with Crippen LogP contribution < -0.4 is 5.43 Å². The van der Waals surface area contributed by atoms with E-state index in [0.717, 1.165) is 25.9 Å². The van der Waals surface area contributed by atoms with Crippen molar-refractivity contribution in [1.29, 1.82) is 0 Å². The summed E-state index contributed by atoms with van der Waals surface area (Å²) in [5, 5.41) is 14.9. The number of furan rings is 1. The van der Waals surface area contributed by atoms with Crippen LogP contribution in [0.4, 0.5) is 5.88 Å². The summed E-state index contributed by atoms with van der Waals surface area (Å²) in [7, 11) is 0. The van der Waals surface area contributed by atoms with E-state index in [1.807, 2.05) is 4.90 Å². The number of hydrogen-bond acceptors (Lipinski definition) is 5. The fourth-order valence-electron chi connectivity index (χ4n) is 1.59. The molecule has 1 heterocycles. The molecule has 0 bridgehead atoms. The molecule has 1 aromatic heterocycles. The Morgan fingerprint density at radius 3 is 2.65 bits per heavy atom. The molecule has 0 aliphatic carbocycles. The van der Waals surface area contributed by atoms with E-state index in [9.17, 15) is 10.1 Å². The Morgan fingerprint density at radius 2 is 2.15 bits per heavy atom. The molecule has 7 nitrogen and oxygen atoms in total. The van der Waals surface area contributed by atoms with Crippen LogP contribution in [0.2, 0.25) is 0 Å². The average Bonchev–Trinajstić information content (AvgIpc) is 2.87. The van der Waals surface area contributed by atoms with Gasteiger partial charge in [0.05, 0.1) is 12.3 Å². The minimum Gasteiger partial charge on any atom is -0.400 e. The van der Waals surface area contributed by atoms with Crippen molar-refractivity contribution in [2.75, 3.05) is 13.1 Å². The first kappa shape index (κ1) is 16.1. The smallest absolute Gasteiger partial charge is 0.400 e. The van der Waals surface area contributed by atoms with Crippen LogP contribution in [0.1, 0.15) is 32.4 Å². The van der Waals surface area contributed by atoms with Gasteiger partial charge in [-0.3, -0.25) is 15.5 Å². The third-order valence-corrected chi connectivity index (χ3v) is 2.77. The topological polar surface area (TPSA) is 83.9 Å². The molecular weight excluding hydrogens is 280 g/mol. The van der Waals surface area contributed by atoms with E-state index in [0.29, 0.717) is 10.9 Å². The lowest BCUT2D eigenvalue weighted by molar-refractivity contribution is -0.402. The standard InChI is InChI=1S/C12H18N4O3S/c1-3-7-15(8-4-2)12(20)14-13-9-10-5-6-11(19-10)16(17)18/h5-6,9H,3-4,7-8H2,1-2H3,(H,14,20)/b13-9+. The summed E-state index contributed by atoms with van der Waals surface area (Å²) in [5.41, 5.74) is 2.74. The van der Waals surface area contributed by atoms with Crippen molar-refractivity contribution in [2.45, 2.75) is 26.7 Å². The SMILES string of the molecule is CCCN(CCC)C(=S)N/N=C/c1ccc([N+](=O)[O-])o1. The van der Waals surface area contributed by atoms with Gasteiger partial charge in [-0.2, -0.15) is 5.10 Å². The predicted molar refractivity (Wildman–Crippen MR) is 80.8 cm³/mol. The largest absolute Gasteiger partial charge is 0.433 e. The van der Waals surface area contributed by atoms with Gasteiger partial charge in [-0.25, -0.2) is 0 Å². The molecule has 8 heteroatoms. The van der Waals surface area contributed by atoms with Crippen LogP contribution in [0.25, 0.3) is 0 Å². The molecular formula is C12H18N4O3S. The van der Waals surface area contributed by atoms with E-state index in [4.69, 9.17) is 16.6 Å². The Labute approximate surface area is 122 Å². The lowest BCUT2D eigenvalue weighted by Crippen LogP contribution is -2.38. The molecule has 1 N–H and O–H groups in total. The van der Waals surface area contributed by atoms with Gasteiger partial charge in [-0.1, -0.05) is 13.8 Å². The van der Waals surface area contributed by atoms with Gasteiger partial charge in [0.2, 0.25) is 0 Å². The van der Waals surface area contributed by atoms with Gasteiger partial charge in [-0.05, 0) is 31.1 Å². The van der Waals surface area contributed by atoms with Gasteiger partial charge in [-0.15, -0.1) is 0 Å². The molecule has 1 aromatic rings. The van der Waals surface area contributed by atoms with E-state index in [-0.39, 0.29) is 5.88 Å². The zero-order valence-electron chi connectivity index (χ0n) is 11.5. The summed E-state index contributed by atoms with van der Waals surface area (Å²) in [5.74, 6) is -0.0165. The molecule has 0 aromatic carbocycles. The molecule has 0 aliphatic heterocycles. The number of nitrogens with one attached hydrogen (secondary N) is 1. The van der Waals surface area contributed by atoms with Crippen LogP contribution in [0.5, 0.6) is 0 Å². The number of hydrogen-bond donors (Lipinski definition) is 1. The van der Waals surface area contributed by atoms with Gasteiger partial charge in [0.1, 0.15) is 4.92 Å². The third kappa shape index (κ3) is 4.96. The van der Waals surface area contributed by atoms with Gasteiger partial charge >= 0.3 is 5.88 Å². The maximum atomic E-state index is 10.5. The number of rotatable bonds is 7. The first-order valence-electron chi connectivity index (χ1n) is 6.40. The molecule has 0 saturated carbocycles. The molecule has 1 rings (SSSR count). The van der Waals surface area contributed by atoms with Crippen molar-refractivity contribution >= 4 is 29.4 Å². The number of nitro groups is 1. The normalized spacial score (nSPS) is 10.7. The second-order valence-corrected chi connectivity index (χ2v) is 4.48. The lowest BCUT2D eigenvalue weighted by Gasteiger charge is -2.23. The maximum absolute atomic E-state index is 10.5. The molecule has 0 unspecified atom stereocenters. The van der Waals surface area contributed by atoms with E-state index in [2.05, 4.69) is 24.4 Å². The average molecular weight is 298 g/mol. The minimum absolute atomic E-state index is 0.296. The second-order valence-electron chi connectivity index (χ2n) is 4.10. The van der Waals surface area contributed by atoms with Gasteiger partial charge in [0.25, 0.3) is 0 Å². The Kier molecular flexibility index (Phi) is 6.65. The van der Waals surface area contributed by atoms with Crippen molar-refractivity contribution in [3.8, 4) is 0 Å². The molecule has 0 fully saturated rings. The lowest BCUT2D eigenvalue weighted by atomic mass is 10.4. The summed E-state index contributed by atoms with van der Waals surface area (Å²) in [6.07, 6.45) is 3.35. The first-order valence-corrected chi connectivity index (χ1v) is 6.81. The van der Waals surface area contributed by atoms with Crippen molar-refractivity contribution < 1.29 is 9.34 Å². The summed E-state index contributed by atoms with van der Waals surface area (Å²) < 4.78 is 4.94. The highest BCUT2D eigenvalue weighted by atomic mass is 32.1. The van der Waals surface area contributed by atoms with E-state index in [1.165, 1.54) is 18.3 Å². The molecule has 0 radical (unpaired) electrons. The zero-order chi connectivity index (χ0) is 15.0. The third-order valence-electron chi connectivity index (χ3n) is 2.42. The van der Waals surface area contributed by atoms with E-state index >= 15 is 0 Å². The minimum atomic E-state index is -0.598. The second kappa shape index (κ2) is 8.26. The molecule has 0 atom stereocenters. The molecule has 0 spiro atoms. The molecule has 0 amide bonds. The highest BCUT2D eigenvalue weighted by Crippen LogP contribution is 2.13. The Balaban J connectivity index is 2.53. The van der Waals surface area contributed by atoms with Crippen LogP contribution in [0, 0.1) is 10.1 Å². The van der Waals surface area contributed by atoms with E-state index in [1.54, 1.807) is 0 Å². The number of thiocarbonyl (C=S) groups is 1. The van der Waals surface area contributed by atoms with Crippen molar-refractivity contribution in [3.05, 3.63) is 28.0 Å². The fourth-order valence-corrected chi connectivity index (χ4v) is 1.82.